The molecule has 8 nitrogen and oxygen atoms in total. The van der Waals surface area contributed by atoms with Crippen molar-refractivity contribution in [3.63, 3.8) is 0 Å². The number of aromatic carboxylic acids is 1. The van der Waals surface area contributed by atoms with E-state index in [2.05, 4.69) is 20.3 Å². The summed E-state index contributed by atoms with van der Waals surface area (Å²) in [7, 11) is 0. The average Bonchev–Trinajstić information content (AvgIpc) is 3.43. The predicted octanol–water partition coefficient (Wildman–Crippen LogP) is 6.65. The number of hydrogen-bond acceptors (Lipinski definition) is 6. The van der Waals surface area contributed by atoms with Crippen molar-refractivity contribution in [2.24, 2.45) is 0 Å². The minimum Gasteiger partial charge on any atom is -0.491 e. The van der Waals surface area contributed by atoms with Crippen LogP contribution < -0.4 is 15.8 Å². The number of nitrogens with one attached hydrogen (secondary N) is 2. The number of nitrogens with two attached hydrogens (primary N) is 1. The average molecular weight is 558 g/mol. The molecule has 0 radical (unpaired) electrons. The van der Waals surface area contributed by atoms with Crippen molar-refractivity contribution in [1.29, 1.82) is 0 Å². The number of nitrogens with zero attached hydrogens (tertiary/aromatic N) is 2. The van der Waals surface area contributed by atoms with Crippen molar-refractivity contribution < 1.29 is 23.4 Å². The quantitative estimate of drug-likeness (QED) is 0.160. The second-order valence-corrected chi connectivity index (χ2v) is 9.59. The summed E-state index contributed by atoms with van der Waals surface area (Å²) in [5, 5.41) is 14.7. The number of ether oxygens (including phenoxy) is 1. The number of imidazole rings is 1. The van der Waals surface area contributed by atoms with E-state index < -0.39 is 29.2 Å². The summed E-state index contributed by atoms with van der Waals surface area (Å²) in [5.41, 5.74) is 8.34. The Morgan fingerprint density at radius 2 is 1.93 bits per heavy atom. The molecule has 2 heterocycles. The molecule has 0 fully saturated rings. The largest absolute Gasteiger partial charge is 0.491 e. The normalized spacial score (nSPS) is 11.9. The Bertz CT molecular complexity index is 1770. The van der Waals surface area contributed by atoms with E-state index in [0.29, 0.717) is 29.3 Å². The number of carboxylic acids is 1. The van der Waals surface area contributed by atoms with Gasteiger partial charge in [0.15, 0.2) is 11.6 Å². The van der Waals surface area contributed by atoms with E-state index in [0.717, 1.165) is 22.4 Å². The van der Waals surface area contributed by atoms with Gasteiger partial charge in [-0.25, -0.2) is 23.5 Å². The number of carboxylic acid groups (broad SMARTS) is 1. The molecular weight excluding hydrogens is 528 g/mol. The molecule has 0 saturated heterocycles. The van der Waals surface area contributed by atoms with Crippen LogP contribution in [0.2, 0.25) is 0 Å². The molecule has 10 heteroatoms. The summed E-state index contributed by atoms with van der Waals surface area (Å²) in [6.45, 7) is 5.71. The molecule has 0 aliphatic heterocycles. The minimum atomic E-state index is -1.40. The Kier molecular flexibility index (Phi) is 7.56. The minimum absolute atomic E-state index is 0.118. The molecule has 1 atom stereocenters. The van der Waals surface area contributed by atoms with E-state index in [1.54, 1.807) is 32.2 Å². The molecule has 0 aliphatic rings. The number of H-pyrrole nitrogens is 1. The zero-order valence-electron chi connectivity index (χ0n) is 22.8. The fraction of sp³-hybridized carbons (Fsp3) is 0.194. The summed E-state index contributed by atoms with van der Waals surface area (Å²) < 4.78 is 36.2. The van der Waals surface area contributed by atoms with Crippen LogP contribution in [0.4, 0.5) is 20.3 Å². The predicted molar refractivity (Wildman–Crippen MR) is 154 cm³/mol. The second kappa shape index (κ2) is 11.2. The Labute approximate surface area is 235 Å². The number of nitrogen functional groups attached to an aromatic ring is 1. The zero-order chi connectivity index (χ0) is 29.3. The maximum Gasteiger partial charge on any atom is 0.339 e. The highest BCUT2D eigenvalue weighted by atomic mass is 19.1. The van der Waals surface area contributed by atoms with Gasteiger partial charge in [0.1, 0.15) is 29.1 Å². The number of aromatic nitrogens is 3. The smallest absolute Gasteiger partial charge is 0.339 e. The molecule has 5 rings (SSSR count). The van der Waals surface area contributed by atoms with Crippen LogP contribution >= 0.6 is 0 Å². The van der Waals surface area contributed by atoms with Gasteiger partial charge in [0.25, 0.3) is 0 Å². The molecule has 3 aromatic carbocycles. The summed E-state index contributed by atoms with van der Waals surface area (Å²) in [4.78, 5) is 23.7. The summed E-state index contributed by atoms with van der Waals surface area (Å²) >= 11 is 0. The van der Waals surface area contributed by atoms with Gasteiger partial charge in [-0.2, -0.15) is 0 Å². The summed E-state index contributed by atoms with van der Waals surface area (Å²) in [6.07, 6.45) is 3.67. The lowest BCUT2D eigenvalue weighted by Gasteiger charge is -2.22. The van der Waals surface area contributed by atoms with E-state index in [1.165, 1.54) is 12.3 Å². The van der Waals surface area contributed by atoms with Crippen LogP contribution in [0.3, 0.4) is 0 Å². The van der Waals surface area contributed by atoms with Gasteiger partial charge in [0.2, 0.25) is 0 Å². The van der Waals surface area contributed by atoms with Gasteiger partial charge in [0, 0.05) is 28.4 Å². The molecule has 5 aromatic rings. The van der Waals surface area contributed by atoms with Crippen molar-refractivity contribution in [2.45, 2.75) is 33.2 Å². The van der Waals surface area contributed by atoms with Crippen LogP contribution in [0.1, 0.15) is 52.8 Å². The van der Waals surface area contributed by atoms with Crippen molar-refractivity contribution in [3.8, 4) is 17.0 Å². The zero-order valence-corrected chi connectivity index (χ0v) is 22.8. The first kappa shape index (κ1) is 27.6. The van der Waals surface area contributed by atoms with Gasteiger partial charge in [-0.05, 0) is 73.2 Å². The van der Waals surface area contributed by atoms with Crippen LogP contribution in [-0.2, 0) is 6.42 Å². The first-order valence-electron chi connectivity index (χ1n) is 13.1. The van der Waals surface area contributed by atoms with E-state index in [4.69, 9.17) is 10.5 Å². The van der Waals surface area contributed by atoms with Crippen molar-refractivity contribution in [2.75, 3.05) is 17.7 Å². The van der Waals surface area contributed by atoms with E-state index in [-0.39, 0.29) is 29.2 Å². The van der Waals surface area contributed by atoms with Gasteiger partial charge in [-0.1, -0.05) is 19.1 Å². The Morgan fingerprint density at radius 3 is 2.66 bits per heavy atom. The highest BCUT2D eigenvalue weighted by Crippen LogP contribution is 2.36. The lowest BCUT2D eigenvalue weighted by Crippen LogP contribution is -2.17. The van der Waals surface area contributed by atoms with Crippen LogP contribution in [0.15, 0.2) is 60.9 Å². The topological polar surface area (TPSA) is 126 Å². The molecule has 0 aliphatic carbocycles. The van der Waals surface area contributed by atoms with Crippen LogP contribution in [0, 0.1) is 18.6 Å². The lowest BCUT2D eigenvalue weighted by atomic mass is 9.98. The third-order valence-electron chi connectivity index (χ3n) is 6.97. The highest BCUT2D eigenvalue weighted by Gasteiger charge is 2.27. The number of pyridine rings is 1. The number of aryl methyl sites for hydroxylation is 2. The van der Waals surface area contributed by atoms with E-state index in [1.807, 2.05) is 31.2 Å². The van der Waals surface area contributed by atoms with Gasteiger partial charge in [-0.15, -0.1) is 0 Å². The first-order valence-corrected chi connectivity index (χ1v) is 13.1. The number of hydrogen-bond donors (Lipinski definition) is 4. The molecular formula is C31H29F2N5O3. The van der Waals surface area contributed by atoms with Crippen molar-refractivity contribution in [3.05, 3.63) is 101 Å². The van der Waals surface area contributed by atoms with Gasteiger partial charge in [0.05, 0.1) is 18.5 Å². The Morgan fingerprint density at radius 1 is 1.12 bits per heavy atom. The number of anilines is 2. The molecule has 1 unspecified atom stereocenters. The van der Waals surface area contributed by atoms with E-state index in [9.17, 15) is 14.3 Å². The number of carbonyl (C=O) groups is 1. The maximum absolute atomic E-state index is 16.0. The van der Waals surface area contributed by atoms with Crippen molar-refractivity contribution in [1.82, 2.24) is 15.0 Å². The fourth-order valence-electron chi connectivity index (χ4n) is 4.95. The molecule has 0 saturated carbocycles. The maximum atomic E-state index is 16.0. The molecule has 0 spiro atoms. The number of rotatable bonds is 9. The highest BCUT2D eigenvalue weighted by molar-refractivity contribution is 5.97. The standard InChI is InChI=1S/C31H29F2N5O3/c1-4-17-12-21(27(33)24(13-17)41-5-2)28(37-19-7-8-20-18(14-19)10-11-35-29(20)34)30-36-15-23(38-30)25-16(3)6-9-22(32)26(25)31(39)40/h6-15,28,37H,4-5H2,1-3H3,(H2,34,35)(H,36,38)(H,39,40). The number of halogens is 2. The number of aromatic amines is 1. The summed E-state index contributed by atoms with van der Waals surface area (Å²) in [5.74, 6) is -2.02. The number of benzene rings is 3. The van der Waals surface area contributed by atoms with Crippen LogP contribution in [0.25, 0.3) is 22.0 Å². The molecule has 210 valence electrons. The fourth-order valence-corrected chi connectivity index (χ4v) is 4.95. The lowest BCUT2D eigenvalue weighted by molar-refractivity contribution is 0.0692. The van der Waals surface area contributed by atoms with Gasteiger partial charge >= 0.3 is 5.97 Å². The molecule has 2 aromatic heterocycles. The van der Waals surface area contributed by atoms with Crippen LogP contribution in [-0.4, -0.2) is 32.6 Å². The second-order valence-electron chi connectivity index (χ2n) is 9.59. The Hall–Kier alpha value is -4.99. The molecule has 5 N–H and O–H groups in total. The van der Waals surface area contributed by atoms with E-state index >= 15 is 4.39 Å². The van der Waals surface area contributed by atoms with Gasteiger partial charge < -0.3 is 25.9 Å². The molecule has 0 amide bonds. The van der Waals surface area contributed by atoms with Crippen LogP contribution in [0.5, 0.6) is 5.75 Å². The third-order valence-corrected chi connectivity index (χ3v) is 6.97. The molecule has 41 heavy (non-hydrogen) atoms. The Balaban J connectivity index is 1.68. The van der Waals surface area contributed by atoms with Gasteiger partial charge in [-0.3, -0.25) is 0 Å². The SMILES string of the molecule is CCOc1cc(CC)cc(C(Nc2ccc3c(N)nccc3c2)c2ncc(-c3c(C)ccc(F)c3C(=O)O)[nH]2)c1F. The monoisotopic (exact) mass is 557 g/mol. The van der Waals surface area contributed by atoms with Crippen molar-refractivity contribution >= 4 is 28.2 Å². The summed E-state index contributed by atoms with van der Waals surface area (Å²) in [6, 6.07) is 12.5. The third kappa shape index (κ3) is 5.28. The number of fused-ring (bicyclic) bond motifs is 1. The molecule has 0 bridgehead atoms. The first-order chi connectivity index (χ1) is 19.7.